The summed E-state index contributed by atoms with van der Waals surface area (Å²) in [4.78, 5) is 20.1. The van der Waals surface area contributed by atoms with E-state index in [9.17, 15) is 10.1 Å². The third-order valence-corrected chi connectivity index (χ3v) is 8.49. The number of hydrogen-bond donors (Lipinski definition) is 0. The highest BCUT2D eigenvalue weighted by atomic mass is 16.1. The Kier molecular flexibility index (Phi) is 5.16. The molecular weight excluding hydrogens is 470 g/mol. The van der Waals surface area contributed by atoms with Crippen LogP contribution in [0.1, 0.15) is 45.8 Å². The second kappa shape index (κ2) is 8.59. The number of anilines is 1. The van der Waals surface area contributed by atoms with E-state index in [4.69, 9.17) is 4.98 Å². The fraction of sp³-hybridized carbons (Fsp3) is 0.281. The van der Waals surface area contributed by atoms with Crippen LogP contribution in [-0.4, -0.2) is 27.0 Å². The minimum absolute atomic E-state index is 0.0999. The van der Waals surface area contributed by atoms with Gasteiger partial charge in [0.15, 0.2) is 5.65 Å². The molecule has 2 aliphatic rings. The monoisotopic (exact) mass is 499 g/mol. The zero-order chi connectivity index (χ0) is 26.0. The summed E-state index contributed by atoms with van der Waals surface area (Å²) in [6, 6.07) is 25.0. The first-order valence-corrected chi connectivity index (χ1v) is 13.3. The van der Waals surface area contributed by atoms with Crippen LogP contribution < -0.4 is 10.5 Å². The summed E-state index contributed by atoms with van der Waals surface area (Å²) in [6.07, 6.45) is 1.83. The number of nitrogens with zero attached hydrogens (tertiary/aromatic N) is 5. The van der Waals surface area contributed by atoms with Crippen molar-refractivity contribution in [3.05, 3.63) is 111 Å². The Bertz CT molecular complexity index is 1820. The van der Waals surface area contributed by atoms with E-state index < -0.39 is 0 Å². The van der Waals surface area contributed by atoms with E-state index in [2.05, 4.69) is 65.6 Å². The van der Waals surface area contributed by atoms with Crippen LogP contribution in [-0.2, 0) is 13.0 Å². The summed E-state index contributed by atoms with van der Waals surface area (Å²) in [7, 11) is 0. The van der Waals surface area contributed by atoms with Crippen LogP contribution in [0.4, 0.5) is 5.82 Å². The maximum Gasteiger partial charge on any atom is 0.250 e. The molecule has 1 saturated heterocycles. The minimum atomic E-state index is 0.0999. The Hall–Kier alpha value is -4.37. The Morgan fingerprint density at radius 2 is 1.79 bits per heavy atom. The molecule has 0 spiro atoms. The molecule has 188 valence electrons. The quantitative estimate of drug-likeness (QED) is 0.336. The summed E-state index contributed by atoms with van der Waals surface area (Å²) in [5, 5.41) is 10.3. The van der Waals surface area contributed by atoms with Crippen molar-refractivity contribution >= 4 is 22.5 Å². The van der Waals surface area contributed by atoms with E-state index >= 15 is 0 Å². The molecule has 0 saturated carbocycles. The molecule has 2 aliphatic heterocycles. The van der Waals surface area contributed by atoms with Gasteiger partial charge in [-0.1, -0.05) is 48.0 Å². The fourth-order valence-electron chi connectivity index (χ4n) is 6.69. The van der Waals surface area contributed by atoms with Crippen LogP contribution in [0.5, 0.6) is 0 Å². The number of aromatic nitrogens is 3. The van der Waals surface area contributed by atoms with Gasteiger partial charge < -0.3 is 9.47 Å². The standard InChI is InChI=1S/C32H29N5O/c1-20-10-12-22(13-11-20)15-25-21(2)26(16-33)31-34-27-6-3-4-7-29(27)37(31)32(25)35-17-23-14-24(19-35)28-8-5-9-30(38)36(28)18-23/h3-13,23-24H,14-15,17-19H2,1-2H3. The Balaban J connectivity index is 1.47. The molecule has 6 nitrogen and oxygen atoms in total. The highest BCUT2D eigenvalue weighted by Gasteiger charge is 2.37. The molecule has 7 rings (SSSR count). The third-order valence-electron chi connectivity index (χ3n) is 8.49. The highest BCUT2D eigenvalue weighted by Crippen LogP contribution is 2.41. The molecule has 2 aromatic carbocycles. The first kappa shape index (κ1) is 22.8. The second-order valence-corrected chi connectivity index (χ2v) is 10.9. The van der Waals surface area contributed by atoms with Crippen molar-refractivity contribution in [1.82, 2.24) is 14.0 Å². The van der Waals surface area contributed by atoms with Crippen molar-refractivity contribution in [3.63, 3.8) is 0 Å². The smallest absolute Gasteiger partial charge is 0.250 e. The van der Waals surface area contributed by atoms with Crippen molar-refractivity contribution in [2.24, 2.45) is 5.92 Å². The van der Waals surface area contributed by atoms with Gasteiger partial charge in [0.1, 0.15) is 11.9 Å². The largest absolute Gasteiger partial charge is 0.356 e. The molecule has 1 fully saturated rings. The van der Waals surface area contributed by atoms with Crippen molar-refractivity contribution in [2.45, 2.75) is 39.2 Å². The van der Waals surface area contributed by atoms with Gasteiger partial charge in [-0.3, -0.25) is 9.20 Å². The Labute approximate surface area is 221 Å². The van der Waals surface area contributed by atoms with Gasteiger partial charge in [0, 0.05) is 49.3 Å². The number of rotatable bonds is 3. The number of aryl methyl sites for hydroxylation is 1. The summed E-state index contributed by atoms with van der Waals surface area (Å²) < 4.78 is 4.21. The zero-order valence-electron chi connectivity index (χ0n) is 21.7. The molecule has 0 aliphatic carbocycles. The lowest BCUT2D eigenvalue weighted by Crippen LogP contribution is -2.48. The first-order valence-electron chi connectivity index (χ1n) is 13.3. The maximum atomic E-state index is 12.6. The van der Waals surface area contributed by atoms with Gasteiger partial charge >= 0.3 is 0 Å². The molecule has 0 radical (unpaired) electrons. The number of benzene rings is 2. The van der Waals surface area contributed by atoms with E-state index in [0.29, 0.717) is 11.5 Å². The van der Waals surface area contributed by atoms with Gasteiger partial charge in [-0.2, -0.15) is 5.26 Å². The van der Waals surface area contributed by atoms with Crippen molar-refractivity contribution < 1.29 is 0 Å². The molecule has 2 bridgehead atoms. The predicted octanol–water partition coefficient (Wildman–Crippen LogP) is 5.35. The Morgan fingerprint density at radius 3 is 2.61 bits per heavy atom. The number of hydrogen-bond acceptors (Lipinski definition) is 4. The second-order valence-electron chi connectivity index (χ2n) is 10.9. The van der Waals surface area contributed by atoms with Gasteiger partial charge in [-0.05, 0) is 55.5 Å². The summed E-state index contributed by atoms with van der Waals surface area (Å²) in [5.41, 5.74) is 9.14. The number of para-hydroxylation sites is 2. The van der Waals surface area contributed by atoms with E-state index in [1.807, 2.05) is 28.8 Å². The number of fused-ring (bicyclic) bond motifs is 7. The molecule has 5 heterocycles. The zero-order valence-corrected chi connectivity index (χ0v) is 21.7. The van der Waals surface area contributed by atoms with Crippen molar-refractivity contribution in [2.75, 3.05) is 18.0 Å². The van der Waals surface area contributed by atoms with Crippen LogP contribution in [0.25, 0.3) is 16.7 Å². The van der Waals surface area contributed by atoms with Crippen LogP contribution in [0.3, 0.4) is 0 Å². The van der Waals surface area contributed by atoms with Gasteiger partial charge in [-0.25, -0.2) is 4.98 Å². The summed E-state index contributed by atoms with van der Waals surface area (Å²) in [6.45, 7) is 6.62. The Morgan fingerprint density at radius 1 is 0.974 bits per heavy atom. The number of nitriles is 1. The number of imidazole rings is 1. The summed E-state index contributed by atoms with van der Waals surface area (Å²) >= 11 is 0. The molecule has 2 atom stereocenters. The van der Waals surface area contributed by atoms with E-state index in [1.165, 1.54) is 16.7 Å². The van der Waals surface area contributed by atoms with Gasteiger partial charge in [-0.15, -0.1) is 0 Å². The van der Waals surface area contributed by atoms with Gasteiger partial charge in [0.25, 0.3) is 5.56 Å². The molecule has 5 aromatic rings. The van der Waals surface area contributed by atoms with E-state index in [-0.39, 0.29) is 11.5 Å². The first-order chi connectivity index (χ1) is 18.5. The van der Waals surface area contributed by atoms with Crippen molar-refractivity contribution in [1.29, 1.82) is 5.26 Å². The van der Waals surface area contributed by atoms with E-state index in [0.717, 1.165) is 66.2 Å². The van der Waals surface area contributed by atoms with Gasteiger partial charge in [0.2, 0.25) is 0 Å². The predicted molar refractivity (Wildman–Crippen MR) is 150 cm³/mol. The molecule has 0 N–H and O–H groups in total. The third kappa shape index (κ3) is 3.46. The molecule has 2 unspecified atom stereocenters. The molecule has 38 heavy (non-hydrogen) atoms. The molecule has 6 heteroatoms. The minimum Gasteiger partial charge on any atom is -0.356 e. The summed E-state index contributed by atoms with van der Waals surface area (Å²) in [5.74, 6) is 1.80. The average molecular weight is 500 g/mol. The molecule has 0 amide bonds. The normalized spacial score (nSPS) is 18.5. The van der Waals surface area contributed by atoms with Crippen LogP contribution in [0.2, 0.25) is 0 Å². The maximum absolute atomic E-state index is 12.6. The van der Waals surface area contributed by atoms with Crippen LogP contribution in [0, 0.1) is 31.1 Å². The average Bonchev–Trinajstić information content (AvgIpc) is 3.30. The van der Waals surface area contributed by atoms with Gasteiger partial charge in [0.05, 0.1) is 16.6 Å². The number of piperidine rings is 1. The topological polar surface area (TPSA) is 66.3 Å². The fourth-order valence-corrected chi connectivity index (χ4v) is 6.69. The van der Waals surface area contributed by atoms with Crippen molar-refractivity contribution in [3.8, 4) is 6.07 Å². The lowest BCUT2D eigenvalue weighted by Gasteiger charge is -2.44. The number of pyridine rings is 2. The SMILES string of the molecule is Cc1ccc(Cc2c(C)c(C#N)c3nc4ccccc4n3c2N2CC3CC(C2)c2cccc(=O)n2C3)cc1. The van der Waals surface area contributed by atoms with E-state index in [1.54, 1.807) is 6.07 Å². The lowest BCUT2D eigenvalue weighted by atomic mass is 9.82. The molecule has 3 aromatic heterocycles. The highest BCUT2D eigenvalue weighted by molar-refractivity contribution is 5.86. The van der Waals surface area contributed by atoms with Crippen LogP contribution in [0.15, 0.2) is 71.5 Å². The van der Waals surface area contributed by atoms with Crippen LogP contribution >= 0.6 is 0 Å². The lowest BCUT2D eigenvalue weighted by molar-refractivity contribution is 0.280. The molecular formula is C32H29N5O.